The summed E-state index contributed by atoms with van der Waals surface area (Å²) in [5.41, 5.74) is 0.0783. The van der Waals surface area contributed by atoms with Gasteiger partial charge in [0.2, 0.25) is 0 Å². The predicted molar refractivity (Wildman–Crippen MR) is 58.0 cm³/mol. The molecular formula is C12H20O4. The minimum absolute atomic E-state index is 0.0783. The van der Waals surface area contributed by atoms with Crippen molar-refractivity contribution in [2.75, 3.05) is 13.2 Å². The molecule has 2 rings (SSSR count). The number of carboxylic acids is 1. The van der Waals surface area contributed by atoms with Crippen LogP contribution in [0.4, 0.5) is 0 Å². The predicted octanol–water partition coefficient (Wildman–Crippen LogP) is 2.03. The molecule has 0 amide bonds. The smallest absolute Gasteiger partial charge is 0.306 e. The molecule has 1 saturated heterocycles. The first kappa shape index (κ1) is 11.9. The average molecular weight is 228 g/mol. The van der Waals surface area contributed by atoms with Gasteiger partial charge in [-0.2, -0.15) is 0 Å². The number of hydrogen-bond acceptors (Lipinski definition) is 3. The lowest BCUT2D eigenvalue weighted by molar-refractivity contribution is -0.312. The van der Waals surface area contributed by atoms with Crippen LogP contribution >= 0.6 is 0 Å². The summed E-state index contributed by atoms with van der Waals surface area (Å²) in [7, 11) is 0. The Hall–Kier alpha value is -0.610. The quantitative estimate of drug-likeness (QED) is 0.746. The SMILES string of the molecule is CC1(C)COC2(CCC(C(=O)O)CC2)OC1. The highest BCUT2D eigenvalue weighted by molar-refractivity contribution is 5.70. The van der Waals surface area contributed by atoms with Gasteiger partial charge in [0.1, 0.15) is 0 Å². The van der Waals surface area contributed by atoms with Crippen LogP contribution in [0.2, 0.25) is 0 Å². The molecule has 1 spiro atoms. The molecule has 4 heteroatoms. The zero-order valence-electron chi connectivity index (χ0n) is 9.99. The minimum atomic E-state index is -0.689. The number of hydrogen-bond donors (Lipinski definition) is 1. The van der Waals surface area contributed by atoms with Crippen LogP contribution in [0.1, 0.15) is 39.5 Å². The molecule has 1 aliphatic heterocycles. The molecule has 0 unspecified atom stereocenters. The summed E-state index contributed by atoms with van der Waals surface area (Å²) in [6.45, 7) is 5.63. The maximum absolute atomic E-state index is 10.8. The highest BCUT2D eigenvalue weighted by Gasteiger charge is 2.44. The monoisotopic (exact) mass is 228 g/mol. The third-order valence-electron chi connectivity index (χ3n) is 3.55. The maximum Gasteiger partial charge on any atom is 0.306 e. The highest BCUT2D eigenvalue weighted by atomic mass is 16.7. The Labute approximate surface area is 95.9 Å². The lowest BCUT2D eigenvalue weighted by Gasteiger charge is -2.46. The lowest BCUT2D eigenvalue weighted by atomic mass is 9.83. The van der Waals surface area contributed by atoms with Gasteiger partial charge in [-0.15, -0.1) is 0 Å². The summed E-state index contributed by atoms with van der Waals surface area (Å²) in [4.78, 5) is 10.8. The van der Waals surface area contributed by atoms with Gasteiger partial charge in [-0.3, -0.25) is 4.79 Å². The van der Waals surface area contributed by atoms with Crippen LogP contribution < -0.4 is 0 Å². The normalized spacial score (nSPS) is 29.1. The van der Waals surface area contributed by atoms with Crippen LogP contribution in [0.3, 0.4) is 0 Å². The lowest BCUT2D eigenvalue weighted by Crippen LogP contribution is -2.49. The Morgan fingerprint density at radius 1 is 1.19 bits per heavy atom. The zero-order chi connectivity index (χ0) is 11.8. The molecule has 16 heavy (non-hydrogen) atoms. The molecule has 4 nitrogen and oxygen atoms in total. The summed E-state index contributed by atoms with van der Waals surface area (Å²) >= 11 is 0. The van der Waals surface area contributed by atoms with E-state index >= 15 is 0 Å². The fourth-order valence-corrected chi connectivity index (χ4v) is 2.33. The van der Waals surface area contributed by atoms with Crippen molar-refractivity contribution in [1.29, 1.82) is 0 Å². The number of ether oxygens (including phenoxy) is 2. The van der Waals surface area contributed by atoms with E-state index in [1.54, 1.807) is 0 Å². The van der Waals surface area contributed by atoms with Gasteiger partial charge in [0.05, 0.1) is 19.1 Å². The van der Waals surface area contributed by atoms with Crippen LogP contribution in [0, 0.1) is 11.3 Å². The second-order valence-electron chi connectivity index (χ2n) is 5.76. The second-order valence-corrected chi connectivity index (χ2v) is 5.76. The van der Waals surface area contributed by atoms with E-state index in [-0.39, 0.29) is 11.3 Å². The van der Waals surface area contributed by atoms with Crippen LogP contribution in [-0.2, 0) is 14.3 Å². The van der Waals surface area contributed by atoms with Crippen molar-refractivity contribution >= 4 is 5.97 Å². The topological polar surface area (TPSA) is 55.8 Å². The number of carbonyl (C=O) groups is 1. The largest absolute Gasteiger partial charge is 0.481 e. The van der Waals surface area contributed by atoms with E-state index in [4.69, 9.17) is 14.6 Å². The first-order valence-electron chi connectivity index (χ1n) is 5.93. The summed E-state index contributed by atoms with van der Waals surface area (Å²) in [5, 5.41) is 8.93. The molecule has 1 saturated carbocycles. The Kier molecular flexibility index (Phi) is 2.97. The highest BCUT2D eigenvalue weighted by Crippen LogP contribution is 2.40. The van der Waals surface area contributed by atoms with E-state index in [1.165, 1.54) is 0 Å². The van der Waals surface area contributed by atoms with Gasteiger partial charge in [0.25, 0.3) is 0 Å². The van der Waals surface area contributed by atoms with Crippen molar-refractivity contribution in [3.63, 3.8) is 0 Å². The molecule has 2 aliphatic rings. The van der Waals surface area contributed by atoms with Gasteiger partial charge in [-0.1, -0.05) is 13.8 Å². The van der Waals surface area contributed by atoms with Crippen molar-refractivity contribution < 1.29 is 19.4 Å². The summed E-state index contributed by atoms with van der Waals surface area (Å²) in [6.07, 6.45) is 2.74. The van der Waals surface area contributed by atoms with E-state index in [2.05, 4.69) is 13.8 Å². The van der Waals surface area contributed by atoms with Crippen molar-refractivity contribution in [3.05, 3.63) is 0 Å². The van der Waals surface area contributed by atoms with Crippen LogP contribution in [0.5, 0.6) is 0 Å². The first-order valence-corrected chi connectivity index (χ1v) is 5.93. The summed E-state index contributed by atoms with van der Waals surface area (Å²) < 4.78 is 11.7. The average Bonchev–Trinajstić information content (AvgIpc) is 2.24. The van der Waals surface area contributed by atoms with Gasteiger partial charge in [0, 0.05) is 18.3 Å². The molecule has 0 aromatic carbocycles. The Bertz CT molecular complexity index is 265. The van der Waals surface area contributed by atoms with Crippen molar-refractivity contribution in [3.8, 4) is 0 Å². The van der Waals surface area contributed by atoms with Crippen LogP contribution in [0.15, 0.2) is 0 Å². The summed E-state index contributed by atoms with van der Waals surface area (Å²) in [5.74, 6) is -1.39. The molecule has 1 aliphatic carbocycles. The zero-order valence-corrected chi connectivity index (χ0v) is 9.99. The third-order valence-corrected chi connectivity index (χ3v) is 3.55. The van der Waals surface area contributed by atoms with E-state index in [1.807, 2.05) is 0 Å². The molecule has 0 aromatic heterocycles. The van der Waals surface area contributed by atoms with Crippen LogP contribution in [0.25, 0.3) is 0 Å². The molecule has 0 radical (unpaired) electrons. The van der Waals surface area contributed by atoms with Gasteiger partial charge < -0.3 is 14.6 Å². The van der Waals surface area contributed by atoms with Gasteiger partial charge in [-0.25, -0.2) is 0 Å². The van der Waals surface area contributed by atoms with Gasteiger partial charge in [0.15, 0.2) is 5.79 Å². The van der Waals surface area contributed by atoms with E-state index < -0.39 is 11.8 Å². The first-order chi connectivity index (χ1) is 7.43. The van der Waals surface area contributed by atoms with Crippen molar-refractivity contribution in [2.45, 2.75) is 45.3 Å². The third kappa shape index (κ3) is 2.38. The van der Waals surface area contributed by atoms with Gasteiger partial charge >= 0.3 is 5.97 Å². The van der Waals surface area contributed by atoms with E-state index in [0.29, 0.717) is 38.9 Å². The molecule has 2 fully saturated rings. The molecule has 0 bridgehead atoms. The number of carboxylic acid groups (broad SMARTS) is 1. The standard InChI is InChI=1S/C12H20O4/c1-11(2)7-15-12(16-8-11)5-3-9(4-6-12)10(13)14/h9H,3-8H2,1-2H3,(H,13,14). The Morgan fingerprint density at radius 2 is 1.69 bits per heavy atom. The van der Waals surface area contributed by atoms with Crippen LogP contribution in [-0.4, -0.2) is 30.1 Å². The van der Waals surface area contributed by atoms with E-state index in [9.17, 15) is 4.79 Å². The molecular weight excluding hydrogens is 208 g/mol. The number of aliphatic carboxylic acids is 1. The Morgan fingerprint density at radius 3 is 2.12 bits per heavy atom. The number of rotatable bonds is 1. The minimum Gasteiger partial charge on any atom is -0.481 e. The van der Waals surface area contributed by atoms with Crippen molar-refractivity contribution in [2.24, 2.45) is 11.3 Å². The Balaban J connectivity index is 1.91. The van der Waals surface area contributed by atoms with Crippen molar-refractivity contribution in [1.82, 2.24) is 0 Å². The van der Waals surface area contributed by atoms with Gasteiger partial charge in [-0.05, 0) is 12.8 Å². The summed E-state index contributed by atoms with van der Waals surface area (Å²) in [6, 6.07) is 0. The maximum atomic E-state index is 10.8. The fourth-order valence-electron chi connectivity index (χ4n) is 2.33. The molecule has 92 valence electrons. The second kappa shape index (κ2) is 4.00. The molecule has 1 heterocycles. The molecule has 1 N–H and O–H groups in total. The molecule has 0 atom stereocenters. The van der Waals surface area contributed by atoms with E-state index in [0.717, 1.165) is 0 Å². The molecule has 0 aromatic rings. The fraction of sp³-hybridized carbons (Fsp3) is 0.917.